The van der Waals surface area contributed by atoms with E-state index in [4.69, 9.17) is 9.72 Å². The Morgan fingerprint density at radius 1 is 1.32 bits per heavy atom. The summed E-state index contributed by atoms with van der Waals surface area (Å²) in [6, 6.07) is 9.40. The van der Waals surface area contributed by atoms with Crippen LogP contribution in [0.3, 0.4) is 0 Å². The number of nitrogens with one attached hydrogen (secondary N) is 1. The summed E-state index contributed by atoms with van der Waals surface area (Å²) in [6.45, 7) is 7.87. The van der Waals surface area contributed by atoms with Crippen molar-refractivity contribution in [3.05, 3.63) is 57.7 Å². The van der Waals surface area contributed by atoms with E-state index in [2.05, 4.69) is 24.1 Å². The number of hydrogen-bond acceptors (Lipinski definition) is 6. The van der Waals surface area contributed by atoms with Crippen molar-refractivity contribution in [3.8, 4) is 0 Å². The number of carbonyl (C=O) groups is 2. The average Bonchev–Trinajstić information content (AvgIpc) is 3.22. The molecule has 4 rings (SSSR count). The number of nitrogens with zero attached hydrogens (tertiary/aromatic N) is 3. The maximum Gasteiger partial charge on any atom is 0.266 e. The highest BCUT2D eigenvalue weighted by Gasteiger charge is 2.29. The molecule has 1 aromatic carbocycles. The Labute approximate surface area is 185 Å². The Morgan fingerprint density at radius 3 is 2.87 bits per heavy atom. The zero-order valence-corrected chi connectivity index (χ0v) is 18.7. The fourth-order valence-corrected chi connectivity index (χ4v) is 4.37. The van der Waals surface area contributed by atoms with E-state index in [9.17, 15) is 9.59 Å². The van der Waals surface area contributed by atoms with Gasteiger partial charge in [-0.3, -0.25) is 9.59 Å². The fraction of sp³-hybridized carbons (Fsp3) is 0.391. The fourth-order valence-electron chi connectivity index (χ4n) is 3.60. The quantitative estimate of drug-likeness (QED) is 0.658. The smallest absolute Gasteiger partial charge is 0.266 e. The number of fused-ring (bicyclic) bond motifs is 1. The zero-order valence-electron chi connectivity index (χ0n) is 17.9. The second-order valence-corrected chi connectivity index (χ2v) is 8.95. The molecular formula is C23H26N4O3S. The minimum Gasteiger partial charge on any atom is -0.368 e. The second-order valence-electron chi connectivity index (χ2n) is 8.09. The third-order valence-electron chi connectivity index (χ3n) is 5.27. The van der Waals surface area contributed by atoms with E-state index in [1.807, 2.05) is 31.2 Å². The maximum atomic E-state index is 13.0. The molecule has 0 radical (unpaired) electrons. The highest BCUT2D eigenvalue weighted by Crippen LogP contribution is 2.27. The van der Waals surface area contributed by atoms with Crippen LogP contribution in [0.25, 0.3) is 10.9 Å². The van der Waals surface area contributed by atoms with Gasteiger partial charge in [0.05, 0.1) is 41.1 Å². The summed E-state index contributed by atoms with van der Waals surface area (Å²) >= 11 is 1.35. The number of hydrogen-bond donors (Lipinski definition) is 1. The first-order chi connectivity index (χ1) is 14.9. The van der Waals surface area contributed by atoms with Crippen molar-refractivity contribution in [2.45, 2.75) is 26.9 Å². The van der Waals surface area contributed by atoms with E-state index in [1.54, 1.807) is 16.5 Å². The van der Waals surface area contributed by atoms with Crippen LogP contribution in [0.2, 0.25) is 0 Å². The summed E-state index contributed by atoms with van der Waals surface area (Å²) in [7, 11) is 0. The predicted molar refractivity (Wildman–Crippen MR) is 120 cm³/mol. The molecule has 0 bridgehead atoms. The molecule has 162 valence electrons. The van der Waals surface area contributed by atoms with E-state index < -0.39 is 6.10 Å². The van der Waals surface area contributed by atoms with Gasteiger partial charge in [0.1, 0.15) is 11.0 Å². The molecule has 8 heteroatoms. The number of aryl methyl sites for hydroxylation is 1. The number of ether oxygens (including phenoxy) is 1. The van der Waals surface area contributed by atoms with Crippen molar-refractivity contribution in [1.82, 2.24) is 20.2 Å². The molecule has 3 aromatic rings. The molecule has 1 fully saturated rings. The third-order valence-corrected chi connectivity index (χ3v) is 6.19. The first-order valence-electron chi connectivity index (χ1n) is 10.4. The molecule has 1 atom stereocenters. The first-order valence-corrected chi connectivity index (χ1v) is 11.3. The van der Waals surface area contributed by atoms with Gasteiger partial charge < -0.3 is 15.0 Å². The number of pyridine rings is 1. The molecule has 31 heavy (non-hydrogen) atoms. The molecule has 3 heterocycles. The van der Waals surface area contributed by atoms with E-state index in [-0.39, 0.29) is 11.8 Å². The monoisotopic (exact) mass is 438 g/mol. The minimum atomic E-state index is -0.396. The number of rotatable bonds is 5. The van der Waals surface area contributed by atoms with E-state index >= 15 is 0 Å². The van der Waals surface area contributed by atoms with Crippen molar-refractivity contribution in [2.75, 3.05) is 26.2 Å². The van der Waals surface area contributed by atoms with Crippen molar-refractivity contribution in [1.29, 1.82) is 0 Å². The van der Waals surface area contributed by atoms with Crippen molar-refractivity contribution >= 4 is 34.1 Å². The molecule has 2 aromatic heterocycles. The predicted octanol–water partition coefficient (Wildman–Crippen LogP) is 3.60. The van der Waals surface area contributed by atoms with Crippen LogP contribution in [0.1, 0.15) is 51.4 Å². The van der Waals surface area contributed by atoms with E-state index in [0.29, 0.717) is 48.3 Å². The lowest BCUT2D eigenvalue weighted by atomic mass is 10.0. The third kappa shape index (κ3) is 4.60. The molecule has 0 aliphatic carbocycles. The summed E-state index contributed by atoms with van der Waals surface area (Å²) in [6.07, 6.45) is -0.396. The van der Waals surface area contributed by atoms with Gasteiger partial charge in [0, 0.05) is 18.5 Å². The Hall–Kier alpha value is -2.84. The van der Waals surface area contributed by atoms with E-state index in [0.717, 1.165) is 16.6 Å². The molecule has 1 N–H and O–H groups in total. The van der Waals surface area contributed by atoms with Crippen LogP contribution >= 0.6 is 11.3 Å². The summed E-state index contributed by atoms with van der Waals surface area (Å²) in [5.41, 5.74) is 4.40. The minimum absolute atomic E-state index is 0.0380. The van der Waals surface area contributed by atoms with Gasteiger partial charge in [-0.2, -0.15) is 0 Å². The number of amides is 2. The first kappa shape index (κ1) is 21.4. The Morgan fingerprint density at radius 2 is 2.13 bits per heavy atom. The van der Waals surface area contributed by atoms with E-state index in [1.165, 1.54) is 11.3 Å². The second kappa shape index (κ2) is 9.11. The van der Waals surface area contributed by atoms with Gasteiger partial charge in [0.15, 0.2) is 0 Å². The molecular weight excluding hydrogens is 412 g/mol. The largest absolute Gasteiger partial charge is 0.368 e. The molecule has 1 saturated heterocycles. The van der Waals surface area contributed by atoms with Gasteiger partial charge in [0.2, 0.25) is 0 Å². The van der Waals surface area contributed by atoms with Gasteiger partial charge in [-0.05, 0) is 25.0 Å². The van der Waals surface area contributed by atoms with Crippen molar-refractivity contribution in [3.63, 3.8) is 0 Å². The van der Waals surface area contributed by atoms with Gasteiger partial charge >= 0.3 is 0 Å². The number of thiazole rings is 1. The average molecular weight is 439 g/mol. The molecule has 2 amide bonds. The normalized spacial score (nSPS) is 16.6. The lowest BCUT2D eigenvalue weighted by Gasteiger charge is -2.32. The summed E-state index contributed by atoms with van der Waals surface area (Å²) in [4.78, 5) is 37.2. The van der Waals surface area contributed by atoms with Crippen LogP contribution in [-0.2, 0) is 4.74 Å². The summed E-state index contributed by atoms with van der Waals surface area (Å²) in [5, 5.41) is 3.80. The Kier molecular flexibility index (Phi) is 6.29. The van der Waals surface area contributed by atoms with Crippen LogP contribution in [0, 0.1) is 12.8 Å². The molecule has 0 spiro atoms. The number of morpholine rings is 1. The summed E-state index contributed by atoms with van der Waals surface area (Å²) in [5.74, 6) is 0.189. The molecule has 1 aliphatic heterocycles. The van der Waals surface area contributed by atoms with Gasteiger partial charge in [-0.15, -0.1) is 11.3 Å². The molecule has 0 saturated carbocycles. The van der Waals surface area contributed by atoms with Crippen molar-refractivity contribution in [2.24, 2.45) is 5.92 Å². The number of aromatic nitrogens is 2. The van der Waals surface area contributed by atoms with Crippen LogP contribution in [0.5, 0.6) is 0 Å². The van der Waals surface area contributed by atoms with Gasteiger partial charge in [-0.25, -0.2) is 9.97 Å². The highest BCUT2D eigenvalue weighted by molar-refractivity contribution is 7.11. The Bertz CT molecular complexity index is 1110. The lowest BCUT2D eigenvalue weighted by Crippen LogP contribution is -2.42. The topological polar surface area (TPSA) is 84.4 Å². The van der Waals surface area contributed by atoms with Crippen LogP contribution in [0.4, 0.5) is 0 Å². The summed E-state index contributed by atoms with van der Waals surface area (Å²) < 4.78 is 5.97. The zero-order chi connectivity index (χ0) is 22.0. The Balaban J connectivity index is 1.63. The van der Waals surface area contributed by atoms with Crippen LogP contribution < -0.4 is 5.32 Å². The van der Waals surface area contributed by atoms with Crippen molar-refractivity contribution < 1.29 is 14.3 Å². The van der Waals surface area contributed by atoms with Gasteiger partial charge in [0.25, 0.3) is 11.8 Å². The maximum absolute atomic E-state index is 13.0. The lowest BCUT2D eigenvalue weighted by molar-refractivity contribution is -0.0244. The van der Waals surface area contributed by atoms with Crippen LogP contribution in [0.15, 0.2) is 35.8 Å². The number of carbonyl (C=O) groups excluding carboxylic acids is 2. The van der Waals surface area contributed by atoms with Gasteiger partial charge in [-0.1, -0.05) is 32.0 Å². The molecule has 1 aliphatic rings. The highest BCUT2D eigenvalue weighted by atomic mass is 32.1. The van der Waals surface area contributed by atoms with Crippen LogP contribution in [-0.4, -0.2) is 52.9 Å². The number of para-hydroxylation sites is 1. The standard InChI is InChI=1S/C23H26N4O3S/c1-14(2)11-24-22(28)17-10-19(26-18-7-5-4-6-16(17)18)20-12-27(8-9-30-20)23(29)21-15(3)25-13-31-21/h4-7,10,13-14,20H,8-9,11-12H2,1-3H3,(H,24,28)/t20-/m0/s1. The number of benzene rings is 1. The SMILES string of the molecule is Cc1ncsc1C(=O)N1CCO[C@H](c2cc(C(=O)NCC(C)C)c3ccccc3n2)C1. The molecule has 0 unspecified atom stereocenters. The molecule has 7 nitrogen and oxygen atoms in total.